The van der Waals surface area contributed by atoms with E-state index in [9.17, 15) is 8.22 Å². The van der Waals surface area contributed by atoms with Crippen molar-refractivity contribution in [1.82, 2.24) is 9.97 Å². The van der Waals surface area contributed by atoms with Gasteiger partial charge in [-0.25, -0.2) is 9.97 Å². The maximum absolute atomic E-state index is 9.59. The Kier molecular flexibility index (Phi) is 7.02. The van der Waals surface area contributed by atoms with Gasteiger partial charge in [-0.15, -0.1) is 11.3 Å². The molecule has 0 saturated carbocycles. The Hall–Kier alpha value is -7.72. The Morgan fingerprint density at radius 3 is 1.59 bits per heavy atom. The van der Waals surface area contributed by atoms with Crippen LogP contribution in [-0.4, -0.2) is 9.97 Å². The van der Waals surface area contributed by atoms with Crippen molar-refractivity contribution in [3.05, 3.63) is 218 Å². The molecule has 12 aromatic rings. The van der Waals surface area contributed by atoms with Crippen LogP contribution in [0.4, 0.5) is 0 Å². The number of nitrogens with zero attached hydrogens (tertiary/aromatic N) is 2. The fourth-order valence-electron chi connectivity index (χ4n) is 8.40. The summed E-state index contributed by atoms with van der Waals surface area (Å²) in [6.07, 6.45) is 0. The normalized spacial score (nSPS) is 13.0. The first-order valence-corrected chi connectivity index (χ1v) is 21.0. The summed E-state index contributed by atoms with van der Waals surface area (Å²) >= 11 is 1.62. The molecule has 0 aliphatic rings. The predicted molar refractivity (Wildman–Crippen MR) is 260 cm³/mol. The monoisotopic (exact) mass is 798 g/mol. The van der Waals surface area contributed by atoms with Crippen molar-refractivity contribution in [2.24, 2.45) is 0 Å². The summed E-state index contributed by atoms with van der Waals surface area (Å²) in [7, 11) is 0. The molecule has 0 N–H and O–H groups in total. The lowest BCUT2D eigenvalue weighted by atomic mass is 9.95. The van der Waals surface area contributed by atoms with E-state index in [1.165, 1.54) is 5.39 Å². The van der Waals surface area contributed by atoms with E-state index in [1.807, 2.05) is 103 Å². The summed E-state index contributed by atoms with van der Waals surface area (Å²) < 4.78 is 58.7. The highest BCUT2D eigenvalue weighted by Crippen LogP contribution is 2.41. The summed E-state index contributed by atoms with van der Waals surface area (Å²) in [6.45, 7) is 0. The Morgan fingerprint density at radius 1 is 0.344 bits per heavy atom. The summed E-state index contributed by atoms with van der Waals surface area (Å²) in [6, 6.07) is 59.5. The largest absolute Gasteiger partial charge is 0.228 e. The van der Waals surface area contributed by atoms with Crippen molar-refractivity contribution in [2.75, 3.05) is 0 Å². The quantitative estimate of drug-likeness (QED) is 0.167. The van der Waals surface area contributed by atoms with Crippen LogP contribution in [0.3, 0.4) is 0 Å². The van der Waals surface area contributed by atoms with Crippen LogP contribution < -0.4 is 0 Å². The summed E-state index contributed by atoms with van der Waals surface area (Å²) in [5, 5.41) is 6.41. The smallest absolute Gasteiger partial charge is 0.160 e. The van der Waals surface area contributed by atoms with E-state index < -0.39 is 0 Å². The molecule has 2 heterocycles. The van der Waals surface area contributed by atoms with Crippen molar-refractivity contribution in [3.8, 4) is 67.3 Å². The minimum Gasteiger partial charge on any atom is -0.228 e. The van der Waals surface area contributed by atoms with Gasteiger partial charge >= 0.3 is 0 Å². The Labute approximate surface area is 366 Å². The van der Waals surface area contributed by atoms with Gasteiger partial charge in [0.15, 0.2) is 5.82 Å². The van der Waals surface area contributed by atoms with Gasteiger partial charge in [-0.05, 0) is 120 Å². The Morgan fingerprint density at radius 2 is 0.869 bits per heavy atom. The number of thiophene rings is 1. The molecule has 0 radical (unpaired) electrons. The third kappa shape index (κ3) is 6.44. The van der Waals surface area contributed by atoms with E-state index in [1.54, 1.807) is 17.4 Å². The van der Waals surface area contributed by atoms with E-state index >= 15 is 0 Å². The maximum atomic E-state index is 9.59. The number of hydrogen-bond donors (Lipinski definition) is 0. The molecule has 2 nitrogen and oxygen atoms in total. The summed E-state index contributed by atoms with van der Waals surface area (Å²) in [5.74, 6) is 0.535. The molecule has 0 spiro atoms. The van der Waals surface area contributed by atoms with Gasteiger partial charge in [-0.2, -0.15) is 0 Å². The first kappa shape index (κ1) is 29.5. The van der Waals surface area contributed by atoms with Crippen molar-refractivity contribution >= 4 is 63.8 Å². The molecule has 0 bridgehead atoms. The molecule has 0 saturated heterocycles. The van der Waals surface area contributed by atoms with Gasteiger partial charge in [0.1, 0.15) is 0 Å². The molecule has 284 valence electrons. The molecule has 3 heteroatoms. The van der Waals surface area contributed by atoms with Crippen molar-refractivity contribution in [1.29, 1.82) is 0 Å². The molecule has 0 aliphatic carbocycles. The highest BCUT2D eigenvalue weighted by molar-refractivity contribution is 7.25. The third-order valence-electron chi connectivity index (χ3n) is 11.5. The highest BCUT2D eigenvalue weighted by Gasteiger charge is 2.15. The van der Waals surface area contributed by atoms with Gasteiger partial charge in [-0.1, -0.05) is 164 Å². The van der Waals surface area contributed by atoms with Gasteiger partial charge in [0.05, 0.1) is 19.6 Å². The predicted octanol–water partition coefficient (Wildman–Crippen LogP) is 16.3. The number of rotatable bonds is 6. The van der Waals surface area contributed by atoms with Gasteiger partial charge in [-0.3, -0.25) is 0 Å². The van der Waals surface area contributed by atoms with Gasteiger partial charge in [0.2, 0.25) is 0 Å². The Bertz CT molecular complexity index is 4030. The molecule has 61 heavy (non-hydrogen) atoms. The fourth-order valence-corrected chi connectivity index (χ4v) is 9.53. The van der Waals surface area contributed by atoms with Crippen LogP contribution in [0.15, 0.2) is 218 Å². The van der Waals surface area contributed by atoms with E-state index in [4.69, 9.17) is 9.97 Å². The molecule has 0 atom stereocenters. The maximum Gasteiger partial charge on any atom is 0.160 e. The lowest BCUT2D eigenvalue weighted by molar-refractivity contribution is 1.18. The molecule has 0 aliphatic heterocycles. The molecule has 12 rings (SSSR count). The SMILES string of the molecule is [2H]c1c(-c2cccc3sc4ccccc4c23)c([2H])c2c([2H])c([2H])c(-c3cccc(-c4cc(-c5cccc(-c6ccc7ccccc7c6)c5)nc(-c5ccc6ccccc6c5)n4)c3)c([2H])c2c1[2H]. The summed E-state index contributed by atoms with van der Waals surface area (Å²) in [4.78, 5) is 10.3. The molecule has 2 aromatic heterocycles. The standard InChI is InChI=1S/C58H36N2S/c1-3-12-39-30-43(24-22-37(39)10-1)41-14-7-16-48(33-41)53-36-54(60-58(59-53)50-29-23-38-11-2-4-13-40(38)35-50)49-17-8-15-42(34-49)44-25-26-46-32-47(28-27-45(46)31-44)51-19-9-21-56-57(51)52-18-5-6-20-55(52)61-56/h1-36H/i25D,26D,27D,28D,31D,32D. The average molecular weight is 799 g/mol. The lowest BCUT2D eigenvalue weighted by Crippen LogP contribution is -1.96. The molecular formula is C58H36N2S. The van der Waals surface area contributed by atoms with Crippen LogP contribution in [0.5, 0.6) is 0 Å². The number of aromatic nitrogens is 2. The van der Waals surface area contributed by atoms with Gasteiger partial charge < -0.3 is 0 Å². The number of hydrogen-bond acceptors (Lipinski definition) is 3. The first-order valence-electron chi connectivity index (χ1n) is 23.2. The van der Waals surface area contributed by atoms with E-state index in [2.05, 4.69) is 72.8 Å². The minimum absolute atomic E-state index is 0.0108. The van der Waals surface area contributed by atoms with Crippen LogP contribution >= 0.6 is 11.3 Å². The van der Waals surface area contributed by atoms with Crippen LogP contribution in [0.1, 0.15) is 8.22 Å². The molecular weight excluding hydrogens is 757 g/mol. The summed E-state index contributed by atoms with van der Waals surface area (Å²) in [5.41, 5.74) is 7.44. The second-order valence-electron chi connectivity index (χ2n) is 15.3. The van der Waals surface area contributed by atoms with Gasteiger partial charge in [0, 0.05) is 36.9 Å². The lowest BCUT2D eigenvalue weighted by Gasteiger charge is -2.12. The minimum atomic E-state index is -0.261. The van der Waals surface area contributed by atoms with Gasteiger partial charge in [0.25, 0.3) is 0 Å². The van der Waals surface area contributed by atoms with Crippen molar-refractivity contribution in [3.63, 3.8) is 0 Å². The number of fused-ring (bicyclic) bond motifs is 6. The first-order chi connectivity index (χ1) is 32.7. The second kappa shape index (κ2) is 14.5. The molecule has 0 amide bonds. The second-order valence-corrected chi connectivity index (χ2v) is 16.4. The van der Waals surface area contributed by atoms with E-state index in [0.29, 0.717) is 28.2 Å². The molecule has 10 aromatic carbocycles. The van der Waals surface area contributed by atoms with E-state index in [0.717, 1.165) is 64.3 Å². The molecule has 0 unspecified atom stereocenters. The average Bonchev–Trinajstić information content (AvgIpc) is 3.76. The van der Waals surface area contributed by atoms with Crippen molar-refractivity contribution < 1.29 is 8.22 Å². The van der Waals surface area contributed by atoms with Crippen LogP contribution in [-0.2, 0) is 0 Å². The topological polar surface area (TPSA) is 25.8 Å². The van der Waals surface area contributed by atoms with Crippen LogP contribution in [0, 0.1) is 0 Å². The zero-order chi connectivity index (χ0) is 45.5. The number of benzene rings is 10. The fraction of sp³-hybridized carbons (Fsp3) is 0. The highest BCUT2D eigenvalue weighted by atomic mass is 32.1. The zero-order valence-corrected chi connectivity index (χ0v) is 33.4. The van der Waals surface area contributed by atoms with Crippen LogP contribution in [0.2, 0.25) is 0 Å². The Balaban J connectivity index is 1.01. The zero-order valence-electron chi connectivity index (χ0n) is 38.6. The van der Waals surface area contributed by atoms with E-state index in [-0.39, 0.29) is 58.2 Å². The molecule has 0 fully saturated rings. The van der Waals surface area contributed by atoms with Crippen molar-refractivity contribution in [2.45, 2.75) is 0 Å². The third-order valence-corrected chi connectivity index (χ3v) is 12.6. The van der Waals surface area contributed by atoms with Crippen LogP contribution in [0.25, 0.3) is 120 Å².